The van der Waals surface area contributed by atoms with Crippen LogP contribution in [0.2, 0.25) is 0 Å². The van der Waals surface area contributed by atoms with Gasteiger partial charge in [0.05, 0.1) is 0 Å². The van der Waals surface area contributed by atoms with E-state index in [1.807, 2.05) is 30.3 Å². The quantitative estimate of drug-likeness (QED) is 0.274. The minimum atomic E-state index is 0. The Morgan fingerprint density at radius 1 is 1.23 bits per heavy atom. The Labute approximate surface area is 179 Å². The van der Waals surface area contributed by atoms with Crippen LogP contribution in [0.3, 0.4) is 0 Å². The van der Waals surface area contributed by atoms with Crippen molar-refractivity contribution in [3.05, 3.63) is 11.6 Å². The van der Waals surface area contributed by atoms with Gasteiger partial charge in [-0.1, -0.05) is 40.0 Å². The van der Waals surface area contributed by atoms with Crippen LogP contribution in [0, 0.1) is 6.92 Å². The normalized spacial score (nSPS) is 16.3. The second-order valence-corrected chi connectivity index (χ2v) is 9.68. The molecule has 0 unspecified atom stereocenters. The standard InChI is InChI=1S/C18H34N6S.HI/c1-14-22-23-16(24(14)5)13-20-17(19-11-12-25-18(2,3)4)21-15-9-7-6-8-10-15;/h15H,6-13H2,1-5H3,(H2,19,20,21);1H. The van der Waals surface area contributed by atoms with Crippen LogP contribution in [-0.4, -0.2) is 43.8 Å². The van der Waals surface area contributed by atoms with Gasteiger partial charge in [-0.05, 0) is 19.8 Å². The number of halogens is 1. The first-order valence-corrected chi connectivity index (χ1v) is 10.4. The summed E-state index contributed by atoms with van der Waals surface area (Å²) in [5.41, 5.74) is 0. The lowest BCUT2D eigenvalue weighted by Gasteiger charge is -2.25. The molecule has 1 heterocycles. The summed E-state index contributed by atoms with van der Waals surface area (Å²) in [6.07, 6.45) is 6.46. The molecule has 1 aromatic rings. The monoisotopic (exact) mass is 494 g/mol. The highest BCUT2D eigenvalue weighted by molar-refractivity contribution is 14.0. The van der Waals surface area contributed by atoms with Crippen molar-refractivity contribution in [2.24, 2.45) is 12.0 Å². The Balaban J connectivity index is 0.00000338. The van der Waals surface area contributed by atoms with Crippen molar-refractivity contribution in [3.63, 3.8) is 0 Å². The molecular formula is C18H35IN6S. The lowest BCUT2D eigenvalue weighted by atomic mass is 9.96. The largest absolute Gasteiger partial charge is 0.356 e. The molecule has 0 atom stereocenters. The second kappa shape index (κ2) is 11.4. The van der Waals surface area contributed by atoms with E-state index in [2.05, 4.69) is 41.6 Å². The average molecular weight is 494 g/mol. The third kappa shape index (κ3) is 8.45. The summed E-state index contributed by atoms with van der Waals surface area (Å²) in [6, 6.07) is 0.538. The van der Waals surface area contributed by atoms with Gasteiger partial charge >= 0.3 is 0 Å². The molecule has 1 fully saturated rings. The smallest absolute Gasteiger partial charge is 0.191 e. The minimum Gasteiger partial charge on any atom is -0.356 e. The van der Waals surface area contributed by atoms with Crippen LogP contribution in [0.15, 0.2) is 4.99 Å². The summed E-state index contributed by atoms with van der Waals surface area (Å²) in [7, 11) is 1.99. The van der Waals surface area contributed by atoms with E-state index in [4.69, 9.17) is 4.99 Å². The number of rotatable bonds is 6. The summed E-state index contributed by atoms with van der Waals surface area (Å²) in [6.45, 7) is 10.2. The zero-order chi connectivity index (χ0) is 18.3. The molecule has 0 saturated heterocycles. The van der Waals surface area contributed by atoms with Gasteiger partial charge in [-0.25, -0.2) is 4.99 Å². The van der Waals surface area contributed by atoms with Crippen LogP contribution in [0.4, 0.5) is 0 Å². The van der Waals surface area contributed by atoms with Gasteiger partial charge in [0.25, 0.3) is 0 Å². The number of thioether (sulfide) groups is 1. The van der Waals surface area contributed by atoms with E-state index in [0.717, 1.165) is 29.9 Å². The number of hydrogen-bond acceptors (Lipinski definition) is 4. The Bertz CT molecular complexity index is 561. The van der Waals surface area contributed by atoms with Crippen molar-refractivity contribution in [3.8, 4) is 0 Å². The number of nitrogens with one attached hydrogen (secondary N) is 2. The molecule has 2 N–H and O–H groups in total. The molecule has 0 bridgehead atoms. The summed E-state index contributed by atoms with van der Waals surface area (Å²) in [4.78, 5) is 4.76. The summed E-state index contributed by atoms with van der Waals surface area (Å²) >= 11 is 1.97. The fraction of sp³-hybridized carbons (Fsp3) is 0.833. The lowest BCUT2D eigenvalue weighted by molar-refractivity contribution is 0.410. The minimum absolute atomic E-state index is 0. The predicted octanol–water partition coefficient (Wildman–Crippen LogP) is 3.64. The Hall–Kier alpha value is -0.510. The number of guanidine groups is 1. The van der Waals surface area contributed by atoms with Crippen LogP contribution in [0.1, 0.15) is 64.5 Å². The molecule has 6 nitrogen and oxygen atoms in total. The molecule has 0 aliphatic heterocycles. The van der Waals surface area contributed by atoms with Crippen molar-refractivity contribution in [1.82, 2.24) is 25.4 Å². The Morgan fingerprint density at radius 3 is 2.50 bits per heavy atom. The van der Waals surface area contributed by atoms with Gasteiger partial charge in [0, 0.05) is 30.1 Å². The second-order valence-electron chi connectivity index (χ2n) is 7.75. The van der Waals surface area contributed by atoms with E-state index < -0.39 is 0 Å². The molecule has 8 heteroatoms. The Morgan fingerprint density at radius 2 is 1.92 bits per heavy atom. The van der Waals surface area contributed by atoms with Crippen LogP contribution in [-0.2, 0) is 13.6 Å². The Kier molecular flexibility index (Phi) is 10.3. The van der Waals surface area contributed by atoms with Crippen LogP contribution >= 0.6 is 35.7 Å². The topological polar surface area (TPSA) is 67.1 Å². The van der Waals surface area contributed by atoms with Crippen LogP contribution in [0.25, 0.3) is 0 Å². The van der Waals surface area contributed by atoms with Crippen LogP contribution < -0.4 is 10.6 Å². The van der Waals surface area contributed by atoms with E-state index in [0.29, 0.717) is 17.3 Å². The van der Waals surface area contributed by atoms with Gasteiger partial charge in [-0.3, -0.25) is 0 Å². The molecule has 1 aromatic heterocycles. The number of hydrogen-bond donors (Lipinski definition) is 2. The van der Waals surface area contributed by atoms with E-state index >= 15 is 0 Å². The number of aromatic nitrogens is 3. The highest BCUT2D eigenvalue weighted by Gasteiger charge is 2.15. The first-order chi connectivity index (χ1) is 11.8. The van der Waals surface area contributed by atoms with Crippen molar-refractivity contribution in [2.75, 3.05) is 12.3 Å². The molecule has 0 aromatic carbocycles. The molecule has 0 amide bonds. The van der Waals surface area contributed by atoms with Gasteiger partial charge < -0.3 is 15.2 Å². The molecule has 2 rings (SSSR count). The zero-order valence-electron chi connectivity index (χ0n) is 16.8. The molecule has 1 saturated carbocycles. The van der Waals surface area contributed by atoms with E-state index in [-0.39, 0.29) is 24.0 Å². The van der Waals surface area contributed by atoms with Crippen molar-refractivity contribution >= 4 is 41.7 Å². The number of aryl methyl sites for hydroxylation is 1. The average Bonchev–Trinajstić information content (AvgIpc) is 2.88. The molecular weight excluding hydrogens is 459 g/mol. The van der Waals surface area contributed by atoms with Crippen LogP contribution in [0.5, 0.6) is 0 Å². The molecule has 1 aliphatic rings. The summed E-state index contributed by atoms with van der Waals surface area (Å²) in [5, 5.41) is 15.4. The highest BCUT2D eigenvalue weighted by atomic mass is 127. The van der Waals surface area contributed by atoms with Crippen molar-refractivity contribution in [2.45, 2.75) is 77.1 Å². The third-order valence-electron chi connectivity index (χ3n) is 4.44. The fourth-order valence-corrected chi connectivity index (χ4v) is 3.67. The van der Waals surface area contributed by atoms with Crippen molar-refractivity contribution in [1.29, 1.82) is 0 Å². The number of nitrogens with zero attached hydrogens (tertiary/aromatic N) is 4. The van der Waals surface area contributed by atoms with Gasteiger partial charge in [-0.2, -0.15) is 11.8 Å². The van der Waals surface area contributed by atoms with Gasteiger partial charge in [0.15, 0.2) is 11.8 Å². The molecule has 1 aliphatic carbocycles. The maximum Gasteiger partial charge on any atom is 0.191 e. The first kappa shape index (κ1) is 23.5. The highest BCUT2D eigenvalue weighted by Crippen LogP contribution is 2.22. The third-order valence-corrected chi connectivity index (χ3v) is 5.71. The van der Waals surface area contributed by atoms with E-state index in [1.165, 1.54) is 32.1 Å². The molecule has 0 spiro atoms. The van der Waals surface area contributed by atoms with E-state index in [9.17, 15) is 0 Å². The lowest BCUT2D eigenvalue weighted by Crippen LogP contribution is -2.45. The van der Waals surface area contributed by atoms with Gasteiger partial charge in [0.1, 0.15) is 12.4 Å². The zero-order valence-corrected chi connectivity index (χ0v) is 20.0. The molecule has 0 radical (unpaired) electrons. The maximum absolute atomic E-state index is 4.76. The van der Waals surface area contributed by atoms with Gasteiger partial charge in [0.2, 0.25) is 0 Å². The predicted molar refractivity (Wildman–Crippen MR) is 123 cm³/mol. The number of aliphatic imine (C=N–C) groups is 1. The van der Waals surface area contributed by atoms with Crippen molar-refractivity contribution < 1.29 is 0 Å². The maximum atomic E-state index is 4.76. The first-order valence-electron chi connectivity index (χ1n) is 9.39. The van der Waals surface area contributed by atoms with E-state index in [1.54, 1.807) is 0 Å². The molecule has 26 heavy (non-hydrogen) atoms. The summed E-state index contributed by atoms with van der Waals surface area (Å²) in [5.74, 6) is 3.78. The molecule has 150 valence electrons. The SMILES string of the molecule is Cc1nnc(CN=C(NCCSC(C)(C)C)NC2CCCCC2)n1C.I. The van der Waals surface area contributed by atoms with Gasteiger partial charge in [-0.15, -0.1) is 34.2 Å². The summed E-state index contributed by atoms with van der Waals surface area (Å²) < 4.78 is 2.29. The fourth-order valence-electron chi connectivity index (χ4n) is 2.86.